The lowest BCUT2D eigenvalue weighted by Crippen LogP contribution is -2.44. The number of halogens is 1. The summed E-state index contributed by atoms with van der Waals surface area (Å²) in [5.41, 5.74) is 0. The summed E-state index contributed by atoms with van der Waals surface area (Å²) in [5, 5.41) is 3.83. The summed E-state index contributed by atoms with van der Waals surface area (Å²) < 4.78 is 4.90. The van der Waals surface area contributed by atoms with Crippen molar-refractivity contribution in [2.45, 2.75) is 25.3 Å². The summed E-state index contributed by atoms with van der Waals surface area (Å²) in [4.78, 5) is 22.0. The van der Waals surface area contributed by atoms with E-state index in [2.05, 4.69) is 10.6 Å². The van der Waals surface area contributed by atoms with Crippen LogP contribution in [0.15, 0.2) is 0 Å². The van der Waals surface area contributed by atoms with E-state index in [1.54, 1.807) is 6.92 Å². The Labute approximate surface area is 88.1 Å². The molecule has 5 nitrogen and oxygen atoms in total. The third-order valence-electron chi connectivity index (χ3n) is 1.55. The minimum absolute atomic E-state index is 0.0933. The van der Waals surface area contributed by atoms with Crippen LogP contribution in [0.2, 0.25) is 0 Å². The van der Waals surface area contributed by atoms with E-state index in [0.29, 0.717) is 6.54 Å². The third kappa shape index (κ3) is 5.77. The molecule has 82 valence electrons. The van der Waals surface area contributed by atoms with Crippen LogP contribution >= 0.6 is 11.6 Å². The number of carbonyl (C=O) groups excluding carboxylic acids is 2. The second-order valence-electron chi connectivity index (χ2n) is 2.86. The summed E-state index contributed by atoms with van der Waals surface area (Å²) in [7, 11) is 1.54. The molecule has 0 saturated heterocycles. The summed E-state index contributed by atoms with van der Waals surface area (Å²) >= 11 is 5.45. The van der Waals surface area contributed by atoms with Crippen LogP contribution in [-0.2, 0) is 9.53 Å². The van der Waals surface area contributed by atoms with Crippen LogP contribution in [0.1, 0.15) is 13.8 Å². The maximum absolute atomic E-state index is 11.0. The molecule has 0 bridgehead atoms. The summed E-state index contributed by atoms with van der Waals surface area (Å²) in [6, 6.07) is -0.564. The summed E-state index contributed by atoms with van der Waals surface area (Å²) in [6.45, 7) is 3.63. The number of ether oxygens (including phenoxy) is 1. The molecule has 0 heterocycles. The zero-order valence-electron chi connectivity index (χ0n) is 8.46. The number of alkyl halides is 1. The lowest BCUT2D eigenvalue weighted by molar-refractivity contribution is -0.119. The standard InChI is InChI=1S/C8H15ClN2O3/c1-5(14-3)4-10-8(13)11-7(12)6(2)9/h5-6H,4H2,1-3H3,(H2,10,11,12,13). The van der Waals surface area contributed by atoms with E-state index in [0.717, 1.165) is 0 Å². The van der Waals surface area contributed by atoms with Gasteiger partial charge in [0.15, 0.2) is 0 Å². The Morgan fingerprint density at radius 2 is 2.00 bits per heavy atom. The predicted octanol–water partition coefficient (Wildman–Crippen LogP) is 0.474. The molecular weight excluding hydrogens is 208 g/mol. The first kappa shape index (κ1) is 13.2. The van der Waals surface area contributed by atoms with E-state index in [1.807, 2.05) is 0 Å². The van der Waals surface area contributed by atoms with Crippen molar-refractivity contribution < 1.29 is 14.3 Å². The first-order valence-corrected chi connectivity index (χ1v) is 4.66. The van der Waals surface area contributed by atoms with Crippen molar-refractivity contribution in [3.8, 4) is 0 Å². The number of carbonyl (C=O) groups is 2. The number of hydrogen-bond acceptors (Lipinski definition) is 3. The van der Waals surface area contributed by atoms with E-state index < -0.39 is 17.3 Å². The molecule has 3 amide bonds. The fourth-order valence-corrected chi connectivity index (χ4v) is 0.630. The van der Waals surface area contributed by atoms with Gasteiger partial charge in [0.05, 0.1) is 6.10 Å². The monoisotopic (exact) mass is 222 g/mol. The fourth-order valence-electron chi connectivity index (χ4n) is 0.575. The van der Waals surface area contributed by atoms with Gasteiger partial charge >= 0.3 is 6.03 Å². The molecule has 0 aliphatic carbocycles. The average Bonchev–Trinajstić information content (AvgIpc) is 2.13. The van der Waals surface area contributed by atoms with Gasteiger partial charge < -0.3 is 10.1 Å². The van der Waals surface area contributed by atoms with E-state index in [4.69, 9.17) is 16.3 Å². The normalized spacial score (nSPS) is 14.3. The second kappa shape index (κ2) is 6.62. The van der Waals surface area contributed by atoms with Gasteiger partial charge in [0.1, 0.15) is 5.38 Å². The fraction of sp³-hybridized carbons (Fsp3) is 0.750. The lowest BCUT2D eigenvalue weighted by atomic mass is 10.4. The van der Waals surface area contributed by atoms with Crippen LogP contribution in [-0.4, -0.2) is 37.1 Å². The van der Waals surface area contributed by atoms with Crippen LogP contribution in [0, 0.1) is 0 Å². The smallest absolute Gasteiger partial charge is 0.321 e. The van der Waals surface area contributed by atoms with Gasteiger partial charge in [-0.05, 0) is 13.8 Å². The Bertz CT molecular complexity index is 209. The first-order valence-electron chi connectivity index (χ1n) is 4.23. The molecule has 2 atom stereocenters. The van der Waals surface area contributed by atoms with Crippen LogP contribution in [0.3, 0.4) is 0 Å². The summed E-state index contributed by atoms with van der Waals surface area (Å²) in [5.74, 6) is -0.519. The Morgan fingerprint density at radius 1 is 1.43 bits per heavy atom. The Balaban J connectivity index is 3.71. The van der Waals surface area contributed by atoms with E-state index in [9.17, 15) is 9.59 Å². The Morgan fingerprint density at radius 3 is 2.43 bits per heavy atom. The molecule has 0 spiro atoms. The van der Waals surface area contributed by atoms with E-state index >= 15 is 0 Å². The largest absolute Gasteiger partial charge is 0.380 e. The van der Waals surface area contributed by atoms with Gasteiger partial charge in [-0.25, -0.2) is 4.79 Å². The highest BCUT2D eigenvalue weighted by atomic mass is 35.5. The maximum Gasteiger partial charge on any atom is 0.321 e. The summed E-state index contributed by atoms with van der Waals surface area (Å²) in [6.07, 6.45) is -0.0933. The van der Waals surface area contributed by atoms with Crippen LogP contribution in [0.5, 0.6) is 0 Å². The molecule has 0 aromatic rings. The second-order valence-corrected chi connectivity index (χ2v) is 3.52. The predicted molar refractivity (Wildman–Crippen MR) is 53.3 cm³/mol. The third-order valence-corrected chi connectivity index (χ3v) is 1.75. The first-order chi connectivity index (χ1) is 6.47. The van der Waals surface area contributed by atoms with Gasteiger partial charge in [0.2, 0.25) is 5.91 Å². The molecule has 0 rings (SSSR count). The maximum atomic E-state index is 11.0. The number of imide groups is 1. The highest BCUT2D eigenvalue weighted by Crippen LogP contribution is 1.91. The van der Waals surface area contributed by atoms with Crippen molar-refractivity contribution in [2.24, 2.45) is 0 Å². The van der Waals surface area contributed by atoms with E-state index in [1.165, 1.54) is 14.0 Å². The van der Waals surface area contributed by atoms with Crippen molar-refractivity contribution >= 4 is 23.5 Å². The Kier molecular flexibility index (Phi) is 6.23. The molecule has 14 heavy (non-hydrogen) atoms. The van der Waals surface area contributed by atoms with Crippen LogP contribution in [0.25, 0.3) is 0 Å². The Hall–Kier alpha value is -0.810. The molecule has 0 aliphatic rings. The molecule has 2 N–H and O–H groups in total. The minimum atomic E-state index is -0.722. The number of rotatable bonds is 4. The minimum Gasteiger partial charge on any atom is -0.380 e. The molecule has 0 saturated carbocycles. The van der Waals surface area contributed by atoms with Gasteiger partial charge in [-0.15, -0.1) is 11.6 Å². The highest BCUT2D eigenvalue weighted by Gasteiger charge is 2.12. The number of methoxy groups -OCH3 is 1. The zero-order chi connectivity index (χ0) is 11.1. The topological polar surface area (TPSA) is 67.4 Å². The molecule has 0 radical (unpaired) electrons. The van der Waals surface area contributed by atoms with Crippen molar-refractivity contribution in [1.82, 2.24) is 10.6 Å². The molecule has 6 heteroatoms. The molecular formula is C8H15ClN2O3. The van der Waals surface area contributed by atoms with Gasteiger partial charge in [-0.3, -0.25) is 10.1 Å². The average molecular weight is 223 g/mol. The SMILES string of the molecule is COC(C)CNC(=O)NC(=O)C(C)Cl. The molecule has 0 aliphatic heterocycles. The van der Waals surface area contributed by atoms with Crippen molar-refractivity contribution in [3.63, 3.8) is 0 Å². The van der Waals surface area contributed by atoms with Gasteiger partial charge in [-0.2, -0.15) is 0 Å². The van der Waals surface area contributed by atoms with Gasteiger partial charge in [0.25, 0.3) is 0 Å². The van der Waals surface area contributed by atoms with Gasteiger partial charge in [-0.1, -0.05) is 0 Å². The van der Waals surface area contributed by atoms with Crippen molar-refractivity contribution in [2.75, 3.05) is 13.7 Å². The number of nitrogens with one attached hydrogen (secondary N) is 2. The number of amides is 3. The molecule has 0 aromatic carbocycles. The van der Waals surface area contributed by atoms with E-state index in [-0.39, 0.29) is 6.10 Å². The lowest BCUT2D eigenvalue weighted by Gasteiger charge is -2.11. The number of urea groups is 1. The van der Waals surface area contributed by atoms with Crippen molar-refractivity contribution in [1.29, 1.82) is 0 Å². The van der Waals surface area contributed by atoms with Crippen molar-refractivity contribution in [3.05, 3.63) is 0 Å². The number of hydrogen-bond donors (Lipinski definition) is 2. The van der Waals surface area contributed by atoms with Gasteiger partial charge in [0, 0.05) is 13.7 Å². The quantitative estimate of drug-likeness (QED) is 0.680. The van der Waals surface area contributed by atoms with Crippen LogP contribution < -0.4 is 10.6 Å². The molecule has 0 aromatic heterocycles. The molecule has 2 unspecified atom stereocenters. The highest BCUT2D eigenvalue weighted by molar-refractivity contribution is 6.31. The molecule has 0 fully saturated rings. The van der Waals surface area contributed by atoms with Crippen LogP contribution in [0.4, 0.5) is 4.79 Å². The zero-order valence-corrected chi connectivity index (χ0v) is 9.22.